The highest BCUT2D eigenvalue weighted by atomic mass is 19.1. The van der Waals surface area contributed by atoms with Gasteiger partial charge in [-0.25, -0.2) is 14.0 Å². The van der Waals surface area contributed by atoms with E-state index in [1.165, 1.54) is 6.07 Å². The summed E-state index contributed by atoms with van der Waals surface area (Å²) in [4.78, 5) is 25.5. The molecular formula is C28H39FN4O4. The molecule has 0 spiro atoms. The van der Waals surface area contributed by atoms with Crippen LogP contribution >= 0.6 is 0 Å². The third-order valence-corrected chi connectivity index (χ3v) is 7.15. The highest BCUT2D eigenvalue weighted by Gasteiger charge is 2.43. The predicted molar refractivity (Wildman–Crippen MR) is 142 cm³/mol. The largest absolute Gasteiger partial charge is 0.465 e. The molecule has 1 unspecified atom stereocenters. The van der Waals surface area contributed by atoms with E-state index in [0.29, 0.717) is 62.1 Å². The van der Waals surface area contributed by atoms with Gasteiger partial charge in [-0.05, 0) is 61.9 Å². The van der Waals surface area contributed by atoms with Crippen LogP contribution in [0.1, 0.15) is 43.7 Å². The lowest BCUT2D eigenvalue weighted by Crippen LogP contribution is -2.51. The lowest BCUT2D eigenvalue weighted by atomic mass is 9.72. The van der Waals surface area contributed by atoms with E-state index in [0.717, 1.165) is 12.0 Å². The summed E-state index contributed by atoms with van der Waals surface area (Å²) in [5.74, 6) is -0.777. The minimum Gasteiger partial charge on any atom is -0.465 e. The van der Waals surface area contributed by atoms with E-state index >= 15 is 4.39 Å². The number of hydrogen-bond acceptors (Lipinski definition) is 4. The number of carbonyl (C=O) groups excluding carboxylic acids is 1. The molecule has 2 aromatic rings. The monoisotopic (exact) mass is 514 g/mol. The third kappa shape index (κ3) is 7.20. The fraction of sp³-hybridized carbons (Fsp3) is 0.500. The number of rotatable bonds is 11. The molecule has 2 atom stereocenters. The Morgan fingerprint density at radius 2 is 1.92 bits per heavy atom. The van der Waals surface area contributed by atoms with Gasteiger partial charge in [0.1, 0.15) is 5.82 Å². The Morgan fingerprint density at radius 3 is 2.65 bits per heavy atom. The molecule has 2 aromatic carbocycles. The highest BCUT2D eigenvalue weighted by molar-refractivity contribution is 5.74. The van der Waals surface area contributed by atoms with Gasteiger partial charge in [0.05, 0.1) is 5.60 Å². The molecule has 1 aliphatic heterocycles. The summed E-state index contributed by atoms with van der Waals surface area (Å²) in [7, 11) is 1.81. The number of piperidine rings is 1. The lowest BCUT2D eigenvalue weighted by Gasteiger charge is -2.43. The van der Waals surface area contributed by atoms with Gasteiger partial charge in [0.25, 0.3) is 0 Å². The van der Waals surface area contributed by atoms with Gasteiger partial charge in [0.2, 0.25) is 0 Å². The molecule has 202 valence electrons. The number of carbonyl (C=O) groups is 2. The molecule has 9 heteroatoms. The number of aryl methyl sites for hydroxylation is 1. The molecule has 0 radical (unpaired) electrons. The van der Waals surface area contributed by atoms with E-state index in [-0.39, 0.29) is 24.9 Å². The third-order valence-electron chi connectivity index (χ3n) is 7.15. The van der Waals surface area contributed by atoms with Crippen molar-refractivity contribution in [2.45, 2.75) is 44.6 Å². The average molecular weight is 515 g/mol. The summed E-state index contributed by atoms with van der Waals surface area (Å²) in [6, 6.07) is 12.2. The summed E-state index contributed by atoms with van der Waals surface area (Å²) in [6.45, 7) is 4.22. The Hall–Kier alpha value is -3.17. The molecule has 37 heavy (non-hydrogen) atoms. The van der Waals surface area contributed by atoms with Crippen molar-refractivity contribution in [1.29, 1.82) is 0 Å². The molecule has 3 amide bonds. The molecular weight excluding hydrogens is 475 g/mol. The lowest BCUT2D eigenvalue weighted by molar-refractivity contribution is -0.0548. The van der Waals surface area contributed by atoms with Crippen LogP contribution < -0.4 is 16.0 Å². The maximum absolute atomic E-state index is 15.5. The predicted octanol–water partition coefficient (Wildman–Crippen LogP) is 3.93. The molecule has 8 nitrogen and oxygen atoms in total. The second-order valence-corrected chi connectivity index (χ2v) is 9.60. The number of halogens is 1. The van der Waals surface area contributed by atoms with Gasteiger partial charge in [-0.1, -0.05) is 43.3 Å². The van der Waals surface area contributed by atoms with Crippen LogP contribution in [-0.2, 0) is 12.0 Å². The average Bonchev–Trinajstić information content (AvgIpc) is 2.91. The summed E-state index contributed by atoms with van der Waals surface area (Å²) in [6.07, 6.45) is 1.61. The Morgan fingerprint density at radius 1 is 1.14 bits per heavy atom. The van der Waals surface area contributed by atoms with E-state index < -0.39 is 17.5 Å². The first kappa shape index (κ1) is 28.4. The van der Waals surface area contributed by atoms with Crippen molar-refractivity contribution in [3.8, 4) is 11.1 Å². The molecule has 0 bridgehead atoms. The van der Waals surface area contributed by atoms with Gasteiger partial charge in [-0.15, -0.1) is 0 Å². The molecule has 0 aliphatic carbocycles. The second-order valence-electron chi connectivity index (χ2n) is 9.60. The van der Waals surface area contributed by atoms with Crippen molar-refractivity contribution in [2.75, 3.05) is 39.8 Å². The number of aliphatic hydroxyl groups is 1. The van der Waals surface area contributed by atoms with Gasteiger partial charge >= 0.3 is 12.1 Å². The summed E-state index contributed by atoms with van der Waals surface area (Å²) in [5, 5.41) is 29.6. The number of carboxylic acid groups (broad SMARTS) is 1. The molecule has 0 saturated carbocycles. The standard InChI is InChI=1S/C28H39FN4O4/c1-3-20-8-4-9-21(18-20)25-23(11-5-12-24(25)29)28(37,13-7-14-32-27(35)36)22-10-6-17-33(19-22)26(34)31-16-15-30-2/h4-5,8-9,11-12,18,22,30,32,37H,3,6-7,10,13-17,19H2,1-2H3,(H,31,34)(H,35,36)/t22-,28?/m1/s1. The first-order valence-corrected chi connectivity index (χ1v) is 13.0. The van der Waals surface area contributed by atoms with Crippen molar-refractivity contribution >= 4 is 12.1 Å². The quantitative estimate of drug-likeness (QED) is 0.292. The number of nitrogens with one attached hydrogen (secondary N) is 3. The zero-order valence-corrected chi connectivity index (χ0v) is 21.7. The van der Waals surface area contributed by atoms with Crippen LogP contribution in [0.3, 0.4) is 0 Å². The topological polar surface area (TPSA) is 114 Å². The van der Waals surface area contributed by atoms with Gasteiger partial charge in [-0.2, -0.15) is 0 Å². The first-order valence-electron chi connectivity index (χ1n) is 13.0. The van der Waals surface area contributed by atoms with Crippen LogP contribution in [0.25, 0.3) is 11.1 Å². The zero-order valence-electron chi connectivity index (χ0n) is 21.7. The Kier molecular flexibility index (Phi) is 10.3. The SMILES string of the molecule is CCc1cccc(-c2c(F)cccc2C(O)(CCCNC(=O)O)[C@@H]2CCCN(C(=O)NCCNC)C2)c1. The first-order chi connectivity index (χ1) is 17.8. The number of amides is 3. The normalized spacial score (nSPS) is 17.2. The number of urea groups is 1. The maximum atomic E-state index is 15.5. The second kappa shape index (κ2) is 13.4. The van der Waals surface area contributed by atoms with Gasteiger partial charge in [0.15, 0.2) is 0 Å². The van der Waals surface area contributed by atoms with Gasteiger partial charge in [-0.3, -0.25) is 0 Å². The summed E-state index contributed by atoms with van der Waals surface area (Å²) in [5.41, 5.74) is 1.10. The molecule has 1 fully saturated rings. The minimum absolute atomic E-state index is 0.161. The van der Waals surface area contributed by atoms with Gasteiger partial charge < -0.3 is 31.1 Å². The minimum atomic E-state index is -1.47. The number of likely N-dealkylation sites (N-methyl/N-ethyl adjacent to an activating group) is 1. The number of hydrogen-bond donors (Lipinski definition) is 5. The molecule has 5 N–H and O–H groups in total. The van der Waals surface area contributed by atoms with Crippen molar-refractivity contribution in [3.05, 3.63) is 59.4 Å². The van der Waals surface area contributed by atoms with Crippen molar-refractivity contribution in [3.63, 3.8) is 0 Å². The van der Waals surface area contributed by atoms with E-state index in [1.807, 2.05) is 38.2 Å². The van der Waals surface area contributed by atoms with Crippen molar-refractivity contribution in [1.82, 2.24) is 20.9 Å². The Labute approximate surface area is 218 Å². The maximum Gasteiger partial charge on any atom is 0.404 e. The van der Waals surface area contributed by atoms with Crippen LogP contribution in [0.2, 0.25) is 0 Å². The van der Waals surface area contributed by atoms with Crippen molar-refractivity contribution in [2.24, 2.45) is 5.92 Å². The van der Waals surface area contributed by atoms with E-state index in [2.05, 4.69) is 16.0 Å². The fourth-order valence-corrected chi connectivity index (χ4v) is 5.19. The highest BCUT2D eigenvalue weighted by Crippen LogP contribution is 2.44. The Bertz CT molecular complexity index is 1070. The Balaban J connectivity index is 1.99. The number of likely N-dealkylation sites (tertiary alicyclic amines) is 1. The summed E-state index contributed by atoms with van der Waals surface area (Å²) < 4.78 is 15.5. The fourth-order valence-electron chi connectivity index (χ4n) is 5.19. The van der Waals surface area contributed by atoms with E-state index in [4.69, 9.17) is 5.11 Å². The number of benzene rings is 2. The van der Waals surface area contributed by atoms with Crippen LogP contribution in [0.4, 0.5) is 14.0 Å². The summed E-state index contributed by atoms with van der Waals surface area (Å²) >= 11 is 0. The zero-order chi connectivity index (χ0) is 26.8. The van der Waals surface area contributed by atoms with Crippen LogP contribution in [-0.4, -0.2) is 67.0 Å². The number of nitrogens with zero attached hydrogens (tertiary/aromatic N) is 1. The molecule has 1 saturated heterocycles. The van der Waals surface area contributed by atoms with Crippen molar-refractivity contribution < 1.29 is 24.2 Å². The van der Waals surface area contributed by atoms with Crippen LogP contribution in [0.15, 0.2) is 42.5 Å². The molecule has 1 aliphatic rings. The van der Waals surface area contributed by atoms with E-state index in [9.17, 15) is 14.7 Å². The van der Waals surface area contributed by atoms with E-state index in [1.54, 1.807) is 17.0 Å². The van der Waals surface area contributed by atoms with Crippen LogP contribution in [0, 0.1) is 11.7 Å². The smallest absolute Gasteiger partial charge is 0.404 e. The molecule has 0 aromatic heterocycles. The molecule has 1 heterocycles. The molecule has 3 rings (SSSR count). The van der Waals surface area contributed by atoms with Gasteiger partial charge in [0, 0.05) is 44.2 Å². The van der Waals surface area contributed by atoms with Crippen LogP contribution in [0.5, 0.6) is 0 Å².